The lowest BCUT2D eigenvalue weighted by Crippen LogP contribution is -2.30. The number of nitrogens with zero attached hydrogens (tertiary/aromatic N) is 1. The molecule has 0 saturated heterocycles. The monoisotopic (exact) mass is 648 g/mol. The second-order valence-electron chi connectivity index (χ2n) is 10.0. The molecule has 0 aliphatic heterocycles. The van der Waals surface area contributed by atoms with E-state index in [1.165, 1.54) is 23.1 Å². The van der Waals surface area contributed by atoms with Gasteiger partial charge in [0.2, 0.25) is 5.91 Å². The molecular weight excluding hydrogens is 617 g/mol. The van der Waals surface area contributed by atoms with Crippen LogP contribution >= 0.6 is 23.1 Å². The van der Waals surface area contributed by atoms with Crippen molar-refractivity contribution in [3.8, 4) is 17.0 Å². The Bertz CT molecular complexity index is 1850. The number of aromatic nitrogens is 1. The maximum atomic E-state index is 13.4. The molecule has 0 spiro atoms. The number of amides is 3. The first-order chi connectivity index (χ1) is 22.4. The highest BCUT2D eigenvalue weighted by Crippen LogP contribution is 2.27. The highest BCUT2D eigenvalue weighted by Gasteiger charge is 2.16. The Labute approximate surface area is 275 Å². The van der Waals surface area contributed by atoms with E-state index in [0.717, 1.165) is 33.0 Å². The summed E-state index contributed by atoms with van der Waals surface area (Å²) in [6, 6.07) is 31.2. The molecule has 0 fully saturated rings. The van der Waals surface area contributed by atoms with Gasteiger partial charge in [0.05, 0.1) is 18.1 Å². The Kier molecular flexibility index (Phi) is 11.0. The van der Waals surface area contributed by atoms with E-state index in [9.17, 15) is 14.4 Å². The quantitative estimate of drug-likeness (QED) is 0.0947. The average molecular weight is 649 g/mol. The molecule has 5 aromatic rings. The van der Waals surface area contributed by atoms with Gasteiger partial charge >= 0.3 is 0 Å². The van der Waals surface area contributed by atoms with Crippen LogP contribution in [0.15, 0.2) is 119 Å². The van der Waals surface area contributed by atoms with Crippen LogP contribution in [-0.4, -0.2) is 35.1 Å². The predicted octanol–water partition coefficient (Wildman–Crippen LogP) is 7.66. The summed E-state index contributed by atoms with van der Waals surface area (Å²) in [7, 11) is 0. The van der Waals surface area contributed by atoms with Crippen LogP contribution in [0.25, 0.3) is 17.3 Å². The van der Waals surface area contributed by atoms with E-state index in [2.05, 4.69) is 20.9 Å². The summed E-state index contributed by atoms with van der Waals surface area (Å²) in [5.74, 6) is -0.109. The van der Waals surface area contributed by atoms with Crippen LogP contribution in [0.2, 0.25) is 0 Å². The molecule has 1 heterocycles. The molecule has 0 aliphatic rings. The maximum Gasteiger partial charge on any atom is 0.272 e. The van der Waals surface area contributed by atoms with Gasteiger partial charge in [-0.3, -0.25) is 14.4 Å². The van der Waals surface area contributed by atoms with E-state index in [-0.39, 0.29) is 17.4 Å². The number of thioether (sulfide) groups is 1. The van der Waals surface area contributed by atoms with Crippen LogP contribution in [0.1, 0.15) is 28.4 Å². The molecule has 0 bridgehead atoms. The van der Waals surface area contributed by atoms with Crippen molar-refractivity contribution in [2.75, 3.05) is 23.0 Å². The van der Waals surface area contributed by atoms with Gasteiger partial charge in [-0.05, 0) is 85.6 Å². The molecule has 4 aromatic carbocycles. The number of ether oxygens (including phenoxy) is 1. The summed E-state index contributed by atoms with van der Waals surface area (Å²) in [5.41, 5.74) is 4.55. The predicted molar refractivity (Wildman–Crippen MR) is 186 cm³/mol. The number of carbonyl (C=O) groups is 3. The maximum absolute atomic E-state index is 13.4. The third-order valence-corrected chi connectivity index (χ3v) is 8.44. The largest absolute Gasteiger partial charge is 0.494 e. The fourth-order valence-electron chi connectivity index (χ4n) is 4.37. The van der Waals surface area contributed by atoms with Crippen LogP contribution in [-0.2, 0) is 9.59 Å². The first kappa shape index (κ1) is 32.2. The van der Waals surface area contributed by atoms with Gasteiger partial charge in [-0.25, -0.2) is 4.98 Å². The van der Waals surface area contributed by atoms with Gasteiger partial charge in [0.15, 0.2) is 5.13 Å². The molecule has 5 rings (SSSR count). The van der Waals surface area contributed by atoms with Gasteiger partial charge in [0.1, 0.15) is 11.4 Å². The van der Waals surface area contributed by atoms with Gasteiger partial charge < -0.3 is 20.7 Å². The van der Waals surface area contributed by atoms with Gasteiger partial charge in [-0.15, -0.1) is 23.1 Å². The summed E-state index contributed by atoms with van der Waals surface area (Å²) >= 11 is 2.69. The Morgan fingerprint density at radius 3 is 2.41 bits per heavy atom. The third kappa shape index (κ3) is 8.93. The van der Waals surface area contributed by atoms with Crippen molar-refractivity contribution in [1.29, 1.82) is 0 Å². The van der Waals surface area contributed by atoms with E-state index >= 15 is 0 Å². The number of aryl methyl sites for hydroxylation is 1. The number of hydrogen-bond donors (Lipinski definition) is 3. The Balaban J connectivity index is 1.21. The highest BCUT2D eigenvalue weighted by atomic mass is 32.2. The molecule has 1 aromatic heterocycles. The van der Waals surface area contributed by atoms with Crippen molar-refractivity contribution in [2.24, 2.45) is 0 Å². The fourth-order valence-corrected chi connectivity index (χ4v) is 5.86. The summed E-state index contributed by atoms with van der Waals surface area (Å²) in [4.78, 5) is 44.5. The molecule has 232 valence electrons. The SMILES string of the molecule is CCOc1ccc(-c2csc(NC(=O)CSc3cccc(NC(=O)/C(=C/c4ccccc4C)NC(=O)c4ccccc4)c3)n2)cc1. The summed E-state index contributed by atoms with van der Waals surface area (Å²) in [6.07, 6.45) is 1.66. The normalized spacial score (nSPS) is 11.0. The molecule has 3 N–H and O–H groups in total. The van der Waals surface area contributed by atoms with Crippen LogP contribution in [0, 0.1) is 6.92 Å². The standard InChI is InChI=1S/C36H32N4O4S2/c1-3-44-29-18-16-25(17-19-29)32-22-46-36(39-32)40-33(41)23-45-30-15-9-14-28(21-30)37-35(43)31(20-27-13-8-7-10-24(27)2)38-34(42)26-11-5-4-6-12-26/h4-22H,3,23H2,1-2H3,(H,37,43)(H,38,42)(H,39,40,41)/b31-20-. The molecule has 0 aliphatic carbocycles. The summed E-state index contributed by atoms with van der Waals surface area (Å²) in [5, 5.41) is 10.9. The highest BCUT2D eigenvalue weighted by molar-refractivity contribution is 8.00. The number of anilines is 2. The van der Waals surface area contributed by atoms with Gasteiger partial charge in [-0.1, -0.05) is 48.5 Å². The number of thiazole rings is 1. The minimum atomic E-state index is -0.473. The lowest BCUT2D eigenvalue weighted by molar-refractivity contribution is -0.114. The van der Waals surface area contributed by atoms with Gasteiger partial charge in [-0.2, -0.15) is 0 Å². The van der Waals surface area contributed by atoms with E-state index in [1.54, 1.807) is 48.5 Å². The molecule has 3 amide bonds. The topological polar surface area (TPSA) is 109 Å². The van der Waals surface area contributed by atoms with Crippen LogP contribution in [0.4, 0.5) is 10.8 Å². The zero-order valence-electron chi connectivity index (χ0n) is 25.3. The molecule has 10 heteroatoms. The number of rotatable bonds is 12. The first-order valence-corrected chi connectivity index (χ1v) is 16.4. The van der Waals surface area contributed by atoms with Gasteiger partial charge in [0, 0.05) is 27.1 Å². The number of hydrogen-bond acceptors (Lipinski definition) is 7. The first-order valence-electron chi connectivity index (χ1n) is 14.5. The molecular formula is C36H32N4O4S2. The second-order valence-corrected chi connectivity index (χ2v) is 12.0. The third-order valence-electron chi connectivity index (χ3n) is 6.69. The van der Waals surface area contributed by atoms with Crippen LogP contribution in [0.5, 0.6) is 5.75 Å². The van der Waals surface area contributed by atoms with Crippen molar-refractivity contribution in [3.05, 3.63) is 131 Å². The lowest BCUT2D eigenvalue weighted by atomic mass is 10.1. The molecule has 46 heavy (non-hydrogen) atoms. The number of benzene rings is 4. The van der Waals surface area contributed by atoms with Crippen LogP contribution in [0.3, 0.4) is 0 Å². The summed E-state index contributed by atoms with van der Waals surface area (Å²) < 4.78 is 5.49. The van der Waals surface area contributed by atoms with Crippen molar-refractivity contribution < 1.29 is 19.1 Å². The Morgan fingerprint density at radius 2 is 1.65 bits per heavy atom. The van der Waals surface area contributed by atoms with Crippen molar-refractivity contribution in [2.45, 2.75) is 18.7 Å². The molecule has 0 atom stereocenters. The second kappa shape index (κ2) is 15.7. The smallest absolute Gasteiger partial charge is 0.272 e. The van der Waals surface area contributed by atoms with Gasteiger partial charge in [0.25, 0.3) is 11.8 Å². The minimum absolute atomic E-state index is 0.105. The number of nitrogens with one attached hydrogen (secondary N) is 3. The Morgan fingerprint density at radius 1 is 0.891 bits per heavy atom. The van der Waals surface area contributed by atoms with E-state index in [1.807, 2.05) is 79.9 Å². The van der Waals surface area contributed by atoms with Crippen molar-refractivity contribution in [1.82, 2.24) is 10.3 Å². The molecule has 0 radical (unpaired) electrons. The fraction of sp³-hybridized carbons (Fsp3) is 0.111. The van der Waals surface area contributed by atoms with Crippen molar-refractivity contribution >= 4 is 57.7 Å². The average Bonchev–Trinajstić information content (AvgIpc) is 3.54. The van der Waals surface area contributed by atoms with Crippen LogP contribution < -0.4 is 20.7 Å². The Hall–Kier alpha value is -5.19. The van der Waals surface area contributed by atoms with E-state index in [0.29, 0.717) is 23.0 Å². The lowest BCUT2D eigenvalue weighted by Gasteiger charge is -2.13. The minimum Gasteiger partial charge on any atom is -0.494 e. The zero-order valence-corrected chi connectivity index (χ0v) is 26.9. The number of carbonyl (C=O) groups excluding carboxylic acids is 3. The molecule has 0 unspecified atom stereocenters. The molecule has 0 saturated carbocycles. The summed E-state index contributed by atoms with van der Waals surface area (Å²) in [6.45, 7) is 4.48. The van der Waals surface area contributed by atoms with Crippen molar-refractivity contribution in [3.63, 3.8) is 0 Å². The zero-order chi connectivity index (χ0) is 32.3. The molecule has 8 nitrogen and oxygen atoms in total. The van der Waals surface area contributed by atoms with E-state index in [4.69, 9.17) is 4.74 Å². The van der Waals surface area contributed by atoms with E-state index < -0.39 is 11.8 Å².